The van der Waals surface area contributed by atoms with Crippen LogP contribution in [0.2, 0.25) is 10.0 Å². The van der Waals surface area contributed by atoms with Crippen molar-refractivity contribution in [3.05, 3.63) is 94.0 Å². The van der Waals surface area contributed by atoms with Gasteiger partial charge in [-0.25, -0.2) is 8.42 Å². The van der Waals surface area contributed by atoms with Gasteiger partial charge < -0.3 is 10.2 Å². The molecule has 0 radical (unpaired) electrons. The third-order valence-corrected chi connectivity index (χ3v) is 9.34. The van der Waals surface area contributed by atoms with E-state index in [2.05, 4.69) is 5.32 Å². The molecule has 1 N–H and O–H groups in total. The molecule has 3 aromatic rings. The number of nitrogens with one attached hydrogen (secondary N) is 1. The maximum atomic E-state index is 14.1. The van der Waals surface area contributed by atoms with Gasteiger partial charge in [-0.1, -0.05) is 86.8 Å². The molecule has 2 amide bonds. The zero-order chi connectivity index (χ0) is 30.0. The SMILES string of the molecule is CCCCNC(=O)[C@H](CC)N(Cc1c(Cl)cccc1Cl)C(=O)CN(c1ccc(CC)cc1)S(=O)(=O)c1ccccc1. The molecule has 220 valence electrons. The lowest BCUT2D eigenvalue weighted by Crippen LogP contribution is -2.52. The van der Waals surface area contributed by atoms with E-state index in [1.54, 1.807) is 55.5 Å². The van der Waals surface area contributed by atoms with Gasteiger partial charge in [-0.3, -0.25) is 13.9 Å². The second-order valence-electron chi connectivity index (χ2n) is 9.64. The van der Waals surface area contributed by atoms with E-state index in [1.165, 1.54) is 17.0 Å². The van der Waals surface area contributed by atoms with Crippen LogP contribution in [-0.4, -0.2) is 44.3 Å². The first-order valence-electron chi connectivity index (χ1n) is 13.8. The topological polar surface area (TPSA) is 86.8 Å². The van der Waals surface area contributed by atoms with E-state index in [-0.39, 0.29) is 17.3 Å². The van der Waals surface area contributed by atoms with Crippen molar-refractivity contribution in [1.82, 2.24) is 10.2 Å². The van der Waals surface area contributed by atoms with E-state index < -0.39 is 28.5 Å². The Morgan fingerprint density at radius 1 is 0.878 bits per heavy atom. The minimum Gasteiger partial charge on any atom is -0.354 e. The molecule has 0 unspecified atom stereocenters. The number of sulfonamides is 1. The van der Waals surface area contributed by atoms with Gasteiger partial charge in [0.25, 0.3) is 10.0 Å². The molecule has 0 aromatic heterocycles. The molecule has 3 aromatic carbocycles. The van der Waals surface area contributed by atoms with E-state index in [1.807, 2.05) is 26.0 Å². The van der Waals surface area contributed by atoms with Crippen LogP contribution < -0.4 is 9.62 Å². The summed E-state index contributed by atoms with van der Waals surface area (Å²) >= 11 is 12.9. The third-order valence-electron chi connectivity index (χ3n) is 6.85. The number of aryl methyl sites for hydroxylation is 1. The summed E-state index contributed by atoms with van der Waals surface area (Å²) in [5.74, 6) is -0.875. The molecule has 0 aliphatic heterocycles. The van der Waals surface area contributed by atoms with E-state index >= 15 is 0 Å². The highest BCUT2D eigenvalue weighted by atomic mass is 35.5. The first-order valence-corrected chi connectivity index (χ1v) is 16.0. The molecule has 0 bridgehead atoms. The Hall–Kier alpha value is -3.07. The highest BCUT2D eigenvalue weighted by molar-refractivity contribution is 7.92. The Bertz CT molecular complexity index is 1400. The predicted octanol–water partition coefficient (Wildman–Crippen LogP) is 6.47. The first-order chi connectivity index (χ1) is 19.6. The van der Waals surface area contributed by atoms with Crippen LogP contribution >= 0.6 is 23.2 Å². The van der Waals surface area contributed by atoms with Crippen LogP contribution in [0.25, 0.3) is 0 Å². The molecule has 0 aliphatic rings. The van der Waals surface area contributed by atoms with Gasteiger partial charge >= 0.3 is 0 Å². The fourth-order valence-corrected chi connectivity index (χ4v) is 6.38. The van der Waals surface area contributed by atoms with Crippen molar-refractivity contribution < 1.29 is 18.0 Å². The number of carbonyl (C=O) groups is 2. The number of benzene rings is 3. The molecule has 7 nitrogen and oxygen atoms in total. The summed E-state index contributed by atoms with van der Waals surface area (Å²) in [5.41, 5.74) is 1.85. The molecular formula is C31H37Cl2N3O4S. The Labute approximate surface area is 253 Å². The number of carbonyl (C=O) groups excluding carboxylic acids is 2. The summed E-state index contributed by atoms with van der Waals surface area (Å²) in [6, 6.07) is 19.2. The number of nitrogens with zero attached hydrogens (tertiary/aromatic N) is 2. The normalized spacial score (nSPS) is 12.0. The Kier molecular flexibility index (Phi) is 12.1. The highest BCUT2D eigenvalue weighted by Gasteiger charge is 2.34. The Morgan fingerprint density at radius 2 is 1.51 bits per heavy atom. The van der Waals surface area contributed by atoms with Crippen LogP contribution in [0.5, 0.6) is 0 Å². The molecule has 3 rings (SSSR count). The van der Waals surface area contributed by atoms with Gasteiger partial charge in [0, 0.05) is 28.7 Å². The fraction of sp³-hybridized carbons (Fsp3) is 0.355. The van der Waals surface area contributed by atoms with Crippen LogP contribution in [-0.2, 0) is 32.6 Å². The van der Waals surface area contributed by atoms with Crippen molar-refractivity contribution in [3.63, 3.8) is 0 Å². The minimum atomic E-state index is -4.13. The van der Waals surface area contributed by atoms with Crippen LogP contribution in [0.3, 0.4) is 0 Å². The fourth-order valence-electron chi connectivity index (χ4n) is 4.43. The lowest BCUT2D eigenvalue weighted by atomic mass is 10.1. The summed E-state index contributed by atoms with van der Waals surface area (Å²) in [6.07, 6.45) is 2.78. The summed E-state index contributed by atoms with van der Waals surface area (Å²) in [4.78, 5) is 28.9. The van der Waals surface area contributed by atoms with Crippen molar-refractivity contribution in [1.29, 1.82) is 0 Å². The van der Waals surface area contributed by atoms with Gasteiger partial charge in [0.1, 0.15) is 12.6 Å². The van der Waals surface area contributed by atoms with Crippen LogP contribution in [0.4, 0.5) is 5.69 Å². The van der Waals surface area contributed by atoms with Gasteiger partial charge in [0.2, 0.25) is 11.8 Å². The molecule has 41 heavy (non-hydrogen) atoms. The van der Waals surface area contributed by atoms with Crippen LogP contribution in [0, 0.1) is 0 Å². The second-order valence-corrected chi connectivity index (χ2v) is 12.3. The summed E-state index contributed by atoms with van der Waals surface area (Å²) in [6.45, 7) is 5.72. The third kappa shape index (κ3) is 8.24. The molecule has 10 heteroatoms. The first kappa shape index (κ1) is 32.4. The standard InChI is InChI=1S/C31H37Cl2N3O4S/c1-4-7-20-34-31(38)29(6-3)35(21-26-27(32)14-11-15-28(26)33)30(37)22-36(24-18-16-23(5-2)17-19-24)41(39,40)25-12-9-8-10-13-25/h8-19,29H,4-7,20-22H2,1-3H3,(H,34,38)/t29-/m0/s1. The largest absolute Gasteiger partial charge is 0.354 e. The molecule has 0 saturated heterocycles. The van der Waals surface area contributed by atoms with Crippen LogP contribution in [0.15, 0.2) is 77.7 Å². The van der Waals surface area contributed by atoms with Gasteiger partial charge in [-0.2, -0.15) is 0 Å². The van der Waals surface area contributed by atoms with E-state index in [0.29, 0.717) is 34.3 Å². The van der Waals surface area contributed by atoms with E-state index in [4.69, 9.17) is 23.2 Å². The van der Waals surface area contributed by atoms with Gasteiger partial charge in [0.05, 0.1) is 10.6 Å². The average Bonchev–Trinajstić information content (AvgIpc) is 2.97. The van der Waals surface area contributed by atoms with Crippen molar-refractivity contribution in [2.75, 3.05) is 17.4 Å². The maximum absolute atomic E-state index is 14.1. The number of anilines is 1. The number of hydrogen-bond donors (Lipinski definition) is 1. The smallest absolute Gasteiger partial charge is 0.264 e. The quantitative estimate of drug-likeness (QED) is 0.210. The number of unbranched alkanes of at least 4 members (excludes halogenated alkanes) is 1. The van der Waals surface area contributed by atoms with Gasteiger partial charge in [0.15, 0.2) is 0 Å². The summed E-state index contributed by atoms with van der Waals surface area (Å²) in [7, 11) is -4.13. The van der Waals surface area contributed by atoms with E-state index in [0.717, 1.165) is 29.1 Å². The lowest BCUT2D eigenvalue weighted by molar-refractivity contribution is -0.140. The lowest BCUT2D eigenvalue weighted by Gasteiger charge is -2.33. The van der Waals surface area contributed by atoms with Crippen molar-refractivity contribution >= 4 is 50.7 Å². The second kappa shape index (κ2) is 15.2. The average molecular weight is 619 g/mol. The number of rotatable bonds is 14. The molecule has 0 spiro atoms. The molecule has 0 heterocycles. The molecular weight excluding hydrogens is 581 g/mol. The number of amides is 2. The van der Waals surface area contributed by atoms with Crippen LogP contribution in [0.1, 0.15) is 51.2 Å². The highest BCUT2D eigenvalue weighted by Crippen LogP contribution is 2.29. The van der Waals surface area contributed by atoms with Crippen molar-refractivity contribution in [2.45, 2.75) is 63.9 Å². The van der Waals surface area contributed by atoms with Gasteiger partial charge in [-0.05, 0) is 61.2 Å². The zero-order valence-electron chi connectivity index (χ0n) is 23.6. The van der Waals surface area contributed by atoms with Crippen molar-refractivity contribution in [3.8, 4) is 0 Å². The van der Waals surface area contributed by atoms with Gasteiger partial charge in [-0.15, -0.1) is 0 Å². The Morgan fingerprint density at radius 3 is 2.07 bits per heavy atom. The maximum Gasteiger partial charge on any atom is 0.264 e. The predicted molar refractivity (Wildman–Crippen MR) is 166 cm³/mol. The molecule has 1 atom stereocenters. The molecule has 0 fully saturated rings. The monoisotopic (exact) mass is 617 g/mol. The van der Waals surface area contributed by atoms with E-state index in [9.17, 15) is 18.0 Å². The number of hydrogen-bond acceptors (Lipinski definition) is 4. The zero-order valence-corrected chi connectivity index (χ0v) is 26.0. The summed E-state index contributed by atoms with van der Waals surface area (Å²) in [5, 5.41) is 3.60. The molecule has 0 saturated carbocycles. The minimum absolute atomic E-state index is 0.0532. The summed E-state index contributed by atoms with van der Waals surface area (Å²) < 4.78 is 28.9. The van der Waals surface area contributed by atoms with Crippen molar-refractivity contribution in [2.24, 2.45) is 0 Å². The molecule has 0 aliphatic carbocycles. The Balaban J connectivity index is 2.06. The number of halogens is 2.